The maximum atomic E-state index is 12.4. The average Bonchev–Trinajstić information content (AvgIpc) is 2.45. The van der Waals surface area contributed by atoms with Crippen LogP contribution in [0.1, 0.15) is 17.3 Å². The average molecular weight is 296 g/mol. The molecule has 20 heavy (non-hydrogen) atoms. The summed E-state index contributed by atoms with van der Waals surface area (Å²) < 4.78 is 4.67. The fourth-order valence-electron chi connectivity index (χ4n) is 1.78. The first kappa shape index (κ1) is 16.2. The number of rotatable bonds is 6. The molecule has 0 saturated carbocycles. The highest BCUT2D eigenvalue weighted by Crippen LogP contribution is 2.13. The number of carbonyl (C=O) groups excluding carboxylic acids is 2. The van der Waals surface area contributed by atoms with Crippen LogP contribution < -0.4 is 0 Å². The molecule has 1 aromatic carbocycles. The van der Waals surface area contributed by atoms with Gasteiger partial charge in [0.15, 0.2) is 0 Å². The van der Waals surface area contributed by atoms with E-state index in [0.29, 0.717) is 17.1 Å². The number of hydrogen-bond acceptors (Lipinski definition) is 3. The quantitative estimate of drug-likeness (QED) is 0.599. The smallest absolute Gasteiger partial charge is 0.310 e. The van der Waals surface area contributed by atoms with Crippen molar-refractivity contribution >= 4 is 23.5 Å². The Labute approximate surface area is 124 Å². The Bertz CT molecular complexity index is 484. The van der Waals surface area contributed by atoms with Crippen LogP contribution in [0.4, 0.5) is 0 Å². The van der Waals surface area contributed by atoms with Crippen LogP contribution in [0.3, 0.4) is 0 Å². The van der Waals surface area contributed by atoms with Gasteiger partial charge in [-0.25, -0.2) is 0 Å². The lowest BCUT2D eigenvalue weighted by molar-refractivity contribution is -0.145. The zero-order chi connectivity index (χ0) is 15.1. The molecule has 0 fully saturated rings. The molecule has 0 aliphatic heterocycles. The van der Waals surface area contributed by atoms with Gasteiger partial charge in [0.25, 0.3) is 5.91 Å². The summed E-state index contributed by atoms with van der Waals surface area (Å²) in [5.41, 5.74) is 0.522. The van der Waals surface area contributed by atoms with Crippen molar-refractivity contribution < 1.29 is 14.3 Å². The number of ether oxygens (including phenoxy) is 1. The van der Waals surface area contributed by atoms with Crippen molar-refractivity contribution in [3.8, 4) is 0 Å². The molecule has 0 aliphatic rings. The highest BCUT2D eigenvalue weighted by molar-refractivity contribution is 6.30. The van der Waals surface area contributed by atoms with Crippen LogP contribution in [0.2, 0.25) is 5.02 Å². The van der Waals surface area contributed by atoms with E-state index in [1.807, 2.05) is 0 Å². The maximum absolute atomic E-state index is 12.4. The Balaban J connectivity index is 2.84. The molecule has 1 amide bonds. The highest BCUT2D eigenvalue weighted by Gasteiger charge is 2.21. The first-order valence-electron chi connectivity index (χ1n) is 6.23. The minimum Gasteiger partial charge on any atom is -0.469 e. The molecular weight excluding hydrogens is 278 g/mol. The van der Waals surface area contributed by atoms with Crippen molar-refractivity contribution in [1.82, 2.24) is 4.90 Å². The summed E-state index contributed by atoms with van der Waals surface area (Å²) in [6.45, 7) is 5.99. The van der Waals surface area contributed by atoms with Gasteiger partial charge in [0.1, 0.15) is 0 Å². The molecule has 1 atom stereocenters. The topological polar surface area (TPSA) is 46.6 Å². The van der Waals surface area contributed by atoms with E-state index in [1.54, 1.807) is 42.2 Å². The van der Waals surface area contributed by atoms with Gasteiger partial charge in [0.05, 0.1) is 13.0 Å². The molecule has 0 bridgehead atoms. The van der Waals surface area contributed by atoms with Crippen molar-refractivity contribution in [2.45, 2.75) is 6.92 Å². The van der Waals surface area contributed by atoms with E-state index in [-0.39, 0.29) is 18.4 Å². The lowest BCUT2D eigenvalue weighted by Crippen LogP contribution is -2.37. The summed E-state index contributed by atoms with van der Waals surface area (Å²) in [6.07, 6.45) is 1.62. The van der Waals surface area contributed by atoms with Gasteiger partial charge in [-0.15, -0.1) is 6.58 Å². The van der Waals surface area contributed by atoms with Gasteiger partial charge in [0.2, 0.25) is 0 Å². The fraction of sp³-hybridized carbons (Fsp3) is 0.333. The van der Waals surface area contributed by atoms with Gasteiger partial charge in [-0.2, -0.15) is 0 Å². The van der Waals surface area contributed by atoms with Crippen molar-refractivity contribution in [3.05, 3.63) is 47.5 Å². The number of nitrogens with zero attached hydrogens (tertiary/aromatic N) is 1. The molecule has 0 saturated heterocycles. The van der Waals surface area contributed by atoms with Crippen LogP contribution in [0, 0.1) is 5.92 Å². The second-order valence-corrected chi connectivity index (χ2v) is 4.87. The van der Waals surface area contributed by atoms with Gasteiger partial charge in [-0.05, 0) is 24.3 Å². The van der Waals surface area contributed by atoms with Crippen molar-refractivity contribution in [2.24, 2.45) is 5.92 Å². The number of hydrogen-bond donors (Lipinski definition) is 0. The van der Waals surface area contributed by atoms with Crippen molar-refractivity contribution in [2.75, 3.05) is 20.2 Å². The summed E-state index contributed by atoms with van der Waals surface area (Å²) in [4.78, 5) is 25.4. The summed E-state index contributed by atoms with van der Waals surface area (Å²) >= 11 is 5.80. The molecular formula is C15H18ClNO3. The maximum Gasteiger partial charge on any atom is 0.310 e. The third-order valence-electron chi connectivity index (χ3n) is 2.83. The van der Waals surface area contributed by atoms with E-state index in [2.05, 4.69) is 11.3 Å². The number of esters is 1. The predicted octanol–water partition coefficient (Wildman–Crippen LogP) is 2.78. The lowest BCUT2D eigenvalue weighted by atomic mass is 10.1. The molecule has 0 aliphatic carbocycles. The van der Waals surface area contributed by atoms with E-state index in [1.165, 1.54) is 7.11 Å². The Morgan fingerprint density at radius 1 is 1.40 bits per heavy atom. The number of methoxy groups -OCH3 is 1. The summed E-state index contributed by atoms with van der Waals surface area (Å²) in [5.74, 6) is -0.906. The minimum atomic E-state index is -0.392. The Kier molecular flexibility index (Phi) is 6.25. The summed E-state index contributed by atoms with van der Waals surface area (Å²) in [7, 11) is 1.33. The van der Waals surface area contributed by atoms with Crippen LogP contribution in [0.5, 0.6) is 0 Å². The van der Waals surface area contributed by atoms with Crippen LogP contribution in [0.25, 0.3) is 0 Å². The lowest BCUT2D eigenvalue weighted by Gasteiger charge is -2.23. The normalized spacial score (nSPS) is 11.6. The van der Waals surface area contributed by atoms with Gasteiger partial charge in [-0.1, -0.05) is 24.6 Å². The number of carbonyl (C=O) groups is 2. The molecule has 4 nitrogen and oxygen atoms in total. The largest absolute Gasteiger partial charge is 0.469 e. The molecule has 0 N–H and O–H groups in total. The number of halogens is 1. The zero-order valence-corrected chi connectivity index (χ0v) is 12.4. The minimum absolute atomic E-state index is 0.169. The molecule has 108 valence electrons. The Morgan fingerprint density at radius 3 is 2.50 bits per heavy atom. The van der Waals surface area contributed by atoms with E-state index in [4.69, 9.17) is 11.6 Å². The van der Waals surface area contributed by atoms with Crippen LogP contribution in [-0.2, 0) is 9.53 Å². The molecule has 0 spiro atoms. The van der Waals surface area contributed by atoms with Gasteiger partial charge in [0, 0.05) is 23.7 Å². The van der Waals surface area contributed by atoms with E-state index in [0.717, 1.165) is 0 Å². The third kappa shape index (κ3) is 4.38. The van der Waals surface area contributed by atoms with Crippen LogP contribution in [0.15, 0.2) is 36.9 Å². The number of amides is 1. The second-order valence-electron chi connectivity index (χ2n) is 4.43. The molecule has 0 radical (unpaired) electrons. The van der Waals surface area contributed by atoms with E-state index in [9.17, 15) is 9.59 Å². The third-order valence-corrected chi connectivity index (χ3v) is 3.08. The fourth-order valence-corrected chi connectivity index (χ4v) is 1.90. The molecule has 5 heteroatoms. The molecule has 1 rings (SSSR count). The van der Waals surface area contributed by atoms with Gasteiger partial charge < -0.3 is 9.64 Å². The Morgan fingerprint density at radius 2 is 2.00 bits per heavy atom. The van der Waals surface area contributed by atoms with Crippen LogP contribution in [-0.4, -0.2) is 37.0 Å². The summed E-state index contributed by atoms with van der Waals surface area (Å²) in [6, 6.07) is 6.63. The first-order valence-corrected chi connectivity index (χ1v) is 6.61. The van der Waals surface area contributed by atoms with E-state index >= 15 is 0 Å². The second kappa shape index (κ2) is 7.70. The van der Waals surface area contributed by atoms with E-state index < -0.39 is 5.92 Å². The molecule has 1 unspecified atom stereocenters. The molecule has 1 aromatic rings. The Hall–Kier alpha value is -1.81. The molecule has 0 heterocycles. The van der Waals surface area contributed by atoms with Crippen molar-refractivity contribution in [3.63, 3.8) is 0 Å². The van der Waals surface area contributed by atoms with Crippen molar-refractivity contribution in [1.29, 1.82) is 0 Å². The van der Waals surface area contributed by atoms with Crippen LogP contribution >= 0.6 is 11.6 Å². The first-order chi connectivity index (χ1) is 9.49. The zero-order valence-electron chi connectivity index (χ0n) is 11.6. The predicted molar refractivity (Wildman–Crippen MR) is 78.7 cm³/mol. The number of benzene rings is 1. The highest BCUT2D eigenvalue weighted by atomic mass is 35.5. The SMILES string of the molecule is C=CCN(CC(C)C(=O)OC)C(=O)c1ccc(Cl)cc1. The monoisotopic (exact) mass is 295 g/mol. The standard InChI is InChI=1S/C15H18ClNO3/c1-4-9-17(10-11(2)15(19)20-3)14(18)12-5-7-13(16)8-6-12/h4-8,11H,1,9-10H2,2-3H3. The van der Waals surface area contributed by atoms with Gasteiger partial charge in [-0.3, -0.25) is 9.59 Å². The molecule has 0 aromatic heterocycles. The summed E-state index contributed by atoms with van der Waals surface area (Å²) in [5, 5.41) is 0.569. The van der Waals surface area contributed by atoms with Gasteiger partial charge >= 0.3 is 5.97 Å².